The molecular weight excluding hydrogens is 332 g/mol. The monoisotopic (exact) mass is 362 g/mol. The van der Waals surface area contributed by atoms with Crippen LogP contribution in [0.25, 0.3) is 11.0 Å². The molecular formula is C18H30N6O2. The quantitative estimate of drug-likeness (QED) is 0.649. The Bertz CT molecular complexity index is 717. The van der Waals surface area contributed by atoms with E-state index in [1.807, 2.05) is 12.3 Å². The Labute approximate surface area is 154 Å². The summed E-state index contributed by atoms with van der Waals surface area (Å²) in [5.41, 5.74) is 6.07. The highest BCUT2D eigenvalue weighted by Crippen LogP contribution is 2.26. The zero-order valence-corrected chi connectivity index (χ0v) is 15.9. The van der Waals surface area contributed by atoms with Crippen LogP contribution in [0.2, 0.25) is 0 Å². The van der Waals surface area contributed by atoms with Gasteiger partial charge >= 0.3 is 5.97 Å². The number of aromatic nitrogens is 3. The molecule has 1 saturated heterocycles. The molecule has 26 heavy (non-hydrogen) atoms. The van der Waals surface area contributed by atoms with Crippen LogP contribution in [0.1, 0.15) is 27.2 Å². The number of H-pyrrole nitrogens is 1. The first-order chi connectivity index (χ1) is 12.3. The minimum atomic E-state index is -0.931. The Morgan fingerprint density at radius 1 is 1.42 bits per heavy atom. The number of aliphatic carboxylic acids is 1. The van der Waals surface area contributed by atoms with Crippen molar-refractivity contribution in [3.63, 3.8) is 0 Å². The molecule has 0 bridgehead atoms. The molecule has 0 radical (unpaired) electrons. The molecule has 5 N–H and O–H groups in total. The summed E-state index contributed by atoms with van der Waals surface area (Å²) in [4.78, 5) is 24.1. The average Bonchev–Trinajstić information content (AvgIpc) is 3.10. The van der Waals surface area contributed by atoms with Gasteiger partial charge in [0.25, 0.3) is 0 Å². The second-order valence-electron chi connectivity index (χ2n) is 7.19. The largest absolute Gasteiger partial charge is 0.480 e. The number of nitrogens with zero attached hydrogens (tertiary/aromatic N) is 3. The highest BCUT2D eigenvalue weighted by atomic mass is 16.4. The van der Waals surface area contributed by atoms with Gasteiger partial charge in [-0.2, -0.15) is 0 Å². The summed E-state index contributed by atoms with van der Waals surface area (Å²) in [6.07, 6.45) is 4.77. The number of aromatic amines is 1. The van der Waals surface area contributed by atoms with Crippen LogP contribution < -0.4 is 16.0 Å². The lowest BCUT2D eigenvalue weighted by atomic mass is 9.93. The molecule has 8 heteroatoms. The van der Waals surface area contributed by atoms with Gasteiger partial charge in [0.05, 0.1) is 5.39 Å². The van der Waals surface area contributed by atoms with Crippen molar-refractivity contribution in [1.82, 2.24) is 20.3 Å². The lowest BCUT2D eigenvalue weighted by molar-refractivity contribution is -0.139. The number of carboxylic acid groups (broad SMARTS) is 1. The van der Waals surface area contributed by atoms with Crippen molar-refractivity contribution in [1.29, 1.82) is 0 Å². The molecule has 0 saturated carbocycles. The van der Waals surface area contributed by atoms with E-state index in [0.29, 0.717) is 12.0 Å². The van der Waals surface area contributed by atoms with Gasteiger partial charge < -0.3 is 26.0 Å². The maximum absolute atomic E-state index is 10.0. The number of carbonyl (C=O) groups is 1. The van der Waals surface area contributed by atoms with E-state index in [4.69, 9.17) is 10.8 Å². The third-order valence-corrected chi connectivity index (χ3v) is 4.95. The molecule has 3 atom stereocenters. The number of likely N-dealkylation sites (N-methyl/N-ethyl adjacent to an activating group) is 1. The molecule has 144 valence electrons. The number of hydrogen-bond donors (Lipinski definition) is 4. The molecule has 1 fully saturated rings. The van der Waals surface area contributed by atoms with E-state index in [1.165, 1.54) is 6.42 Å². The molecule has 0 aromatic carbocycles. The number of carboxylic acids is 1. The van der Waals surface area contributed by atoms with Crippen LogP contribution in [-0.2, 0) is 4.79 Å². The topological polar surface area (TPSA) is 120 Å². The maximum atomic E-state index is 10.0. The molecule has 0 amide bonds. The summed E-state index contributed by atoms with van der Waals surface area (Å²) in [6, 6.07) is 1.82. The van der Waals surface area contributed by atoms with Crippen molar-refractivity contribution in [2.45, 2.75) is 39.3 Å². The van der Waals surface area contributed by atoms with E-state index in [9.17, 15) is 4.79 Å². The molecule has 3 heterocycles. The minimum Gasteiger partial charge on any atom is -0.480 e. The van der Waals surface area contributed by atoms with E-state index in [0.717, 1.165) is 29.9 Å². The summed E-state index contributed by atoms with van der Waals surface area (Å²) in [7, 11) is 2.13. The Morgan fingerprint density at radius 2 is 2.15 bits per heavy atom. The van der Waals surface area contributed by atoms with Gasteiger partial charge in [-0.15, -0.1) is 0 Å². The van der Waals surface area contributed by atoms with E-state index in [1.54, 1.807) is 20.2 Å². The van der Waals surface area contributed by atoms with Gasteiger partial charge in [0, 0.05) is 25.8 Å². The second-order valence-corrected chi connectivity index (χ2v) is 7.19. The number of fused-ring (bicyclic) bond motifs is 1. The second kappa shape index (κ2) is 8.95. The maximum Gasteiger partial charge on any atom is 0.320 e. The first-order valence-corrected chi connectivity index (χ1v) is 9.03. The van der Waals surface area contributed by atoms with E-state index in [2.05, 4.69) is 39.1 Å². The molecule has 2 unspecified atom stereocenters. The van der Waals surface area contributed by atoms with Crippen LogP contribution >= 0.6 is 0 Å². The molecule has 1 aliphatic heterocycles. The number of rotatable bonds is 4. The number of piperidine rings is 1. The number of nitrogens with two attached hydrogens (primary N) is 1. The van der Waals surface area contributed by atoms with Gasteiger partial charge in [-0.05, 0) is 30.9 Å². The predicted molar refractivity (Wildman–Crippen MR) is 103 cm³/mol. The molecule has 1 aliphatic rings. The van der Waals surface area contributed by atoms with E-state index in [-0.39, 0.29) is 5.92 Å². The van der Waals surface area contributed by atoms with Crippen molar-refractivity contribution in [3.05, 3.63) is 18.6 Å². The average molecular weight is 362 g/mol. The van der Waals surface area contributed by atoms with Gasteiger partial charge in [0.1, 0.15) is 23.8 Å². The van der Waals surface area contributed by atoms with Crippen molar-refractivity contribution < 1.29 is 9.90 Å². The lowest BCUT2D eigenvalue weighted by Crippen LogP contribution is -2.49. The smallest absolute Gasteiger partial charge is 0.320 e. The highest BCUT2D eigenvalue weighted by molar-refractivity contribution is 5.87. The van der Waals surface area contributed by atoms with Gasteiger partial charge in [0.2, 0.25) is 0 Å². The standard InChI is InChI=1S/C13H19N5.C5H11NO2/c1-9-3-5-14-7-11(9)18(2)13-10-4-6-15-12(10)16-8-17-13;1-3(2)4(6)5(7)8/h4,6,8-9,11,14H,3,5,7H2,1-2H3,(H,15,16,17);3-4H,6H2,1-2H3,(H,7,8)/t;4-/m.0/s1. The fourth-order valence-electron chi connectivity index (χ4n) is 3.07. The minimum absolute atomic E-state index is 0.0208. The summed E-state index contributed by atoms with van der Waals surface area (Å²) in [6.45, 7) is 8.01. The number of anilines is 1. The zero-order chi connectivity index (χ0) is 19.3. The van der Waals surface area contributed by atoms with Gasteiger partial charge in [-0.3, -0.25) is 4.79 Å². The van der Waals surface area contributed by atoms with Gasteiger partial charge in [0.15, 0.2) is 0 Å². The molecule has 2 aromatic heterocycles. The van der Waals surface area contributed by atoms with Crippen LogP contribution in [0.5, 0.6) is 0 Å². The first kappa shape index (κ1) is 20.1. The molecule has 2 aromatic rings. The van der Waals surface area contributed by atoms with Gasteiger partial charge in [-0.1, -0.05) is 20.8 Å². The summed E-state index contributed by atoms with van der Waals surface area (Å²) in [5, 5.41) is 12.8. The van der Waals surface area contributed by atoms with Crippen molar-refractivity contribution in [3.8, 4) is 0 Å². The number of hydrogen-bond acceptors (Lipinski definition) is 6. The summed E-state index contributed by atoms with van der Waals surface area (Å²) in [5.74, 6) is 0.787. The summed E-state index contributed by atoms with van der Waals surface area (Å²) < 4.78 is 0. The van der Waals surface area contributed by atoms with Crippen LogP contribution in [0.3, 0.4) is 0 Å². The lowest BCUT2D eigenvalue weighted by Gasteiger charge is -2.37. The SMILES string of the molecule is CC(C)[C@H](N)C(=O)O.CC1CCNCC1N(C)c1ncnc2[nH]ccc12. The molecule has 8 nitrogen and oxygen atoms in total. The normalized spacial score (nSPS) is 21.2. The third kappa shape index (κ3) is 4.70. The number of nitrogens with one attached hydrogen (secondary N) is 2. The van der Waals surface area contributed by atoms with Crippen LogP contribution in [-0.4, -0.2) is 58.2 Å². The molecule has 3 rings (SSSR count). The van der Waals surface area contributed by atoms with E-state index < -0.39 is 12.0 Å². The Balaban J connectivity index is 0.000000260. The molecule has 0 spiro atoms. The first-order valence-electron chi connectivity index (χ1n) is 9.03. The third-order valence-electron chi connectivity index (χ3n) is 4.95. The Kier molecular flexibility index (Phi) is 6.93. The fraction of sp³-hybridized carbons (Fsp3) is 0.611. The van der Waals surface area contributed by atoms with E-state index >= 15 is 0 Å². The molecule has 0 aliphatic carbocycles. The van der Waals surface area contributed by atoms with Crippen molar-refractivity contribution in [2.75, 3.05) is 25.0 Å². The van der Waals surface area contributed by atoms with Crippen molar-refractivity contribution >= 4 is 22.8 Å². The van der Waals surface area contributed by atoms with Crippen LogP contribution in [0.15, 0.2) is 18.6 Å². The highest BCUT2D eigenvalue weighted by Gasteiger charge is 2.26. The van der Waals surface area contributed by atoms with Crippen LogP contribution in [0.4, 0.5) is 5.82 Å². The van der Waals surface area contributed by atoms with Crippen LogP contribution in [0, 0.1) is 11.8 Å². The fourth-order valence-corrected chi connectivity index (χ4v) is 3.07. The summed E-state index contributed by atoms with van der Waals surface area (Å²) >= 11 is 0. The van der Waals surface area contributed by atoms with Gasteiger partial charge in [-0.25, -0.2) is 9.97 Å². The Morgan fingerprint density at radius 3 is 2.73 bits per heavy atom. The zero-order valence-electron chi connectivity index (χ0n) is 15.9. The van der Waals surface area contributed by atoms with Crippen molar-refractivity contribution in [2.24, 2.45) is 17.6 Å². The predicted octanol–water partition coefficient (Wildman–Crippen LogP) is 1.45. The Hall–Kier alpha value is -2.19.